The number of para-hydroxylation sites is 1. The molecule has 4 heterocycles. The average Bonchev–Trinajstić information content (AvgIpc) is 3.51. The highest BCUT2D eigenvalue weighted by molar-refractivity contribution is 6.17. The Kier molecular flexibility index (Phi) is 11.2. The van der Waals surface area contributed by atoms with Crippen LogP contribution in [0.5, 0.6) is 0 Å². The van der Waals surface area contributed by atoms with Gasteiger partial charge in [-0.3, -0.25) is 19.8 Å². The molecule has 9 nitrogen and oxygen atoms in total. The van der Waals surface area contributed by atoms with Gasteiger partial charge in [0.1, 0.15) is 0 Å². The number of aryl methyl sites for hydroxylation is 1. The number of amides is 2. The summed E-state index contributed by atoms with van der Waals surface area (Å²) in [7, 11) is 1.86. The third-order valence-corrected chi connectivity index (χ3v) is 12.5. The SMILES string of the molecule is CNc1cc(N2CCN(CCCC3CCN(c4ccc(Cn5c(-c6ccccc6)c(C)c6ccccc65)cc4)CC3)CC2)ccc1C(=N)C1CCC(=O)NC1=O. The molecular weight excluding hydrogens is 695 g/mol. The molecule has 0 aliphatic carbocycles. The first-order chi connectivity index (χ1) is 27.4. The van der Waals surface area contributed by atoms with Crippen LogP contribution in [-0.4, -0.2) is 79.9 Å². The number of aromatic nitrogens is 1. The van der Waals surface area contributed by atoms with Gasteiger partial charge in [0.2, 0.25) is 11.8 Å². The average molecular weight is 750 g/mol. The van der Waals surface area contributed by atoms with Crippen molar-refractivity contribution in [2.24, 2.45) is 11.8 Å². The number of imide groups is 1. The summed E-state index contributed by atoms with van der Waals surface area (Å²) in [6, 6.07) is 35.0. The van der Waals surface area contributed by atoms with Crippen molar-refractivity contribution in [2.75, 3.05) is 68.0 Å². The number of carbonyl (C=O) groups excluding carboxylic acids is 2. The van der Waals surface area contributed by atoms with Gasteiger partial charge in [-0.1, -0.05) is 60.7 Å². The fourth-order valence-electron chi connectivity index (χ4n) is 9.24. The second kappa shape index (κ2) is 16.8. The Morgan fingerprint density at radius 3 is 2.23 bits per heavy atom. The zero-order valence-electron chi connectivity index (χ0n) is 32.9. The van der Waals surface area contributed by atoms with Crippen molar-refractivity contribution in [1.29, 1.82) is 5.41 Å². The lowest BCUT2D eigenvalue weighted by atomic mass is 9.88. The minimum atomic E-state index is -0.596. The van der Waals surface area contributed by atoms with Gasteiger partial charge in [-0.15, -0.1) is 0 Å². The molecule has 0 saturated carbocycles. The topological polar surface area (TPSA) is 96.7 Å². The number of rotatable bonds is 12. The van der Waals surface area contributed by atoms with Crippen LogP contribution < -0.4 is 20.4 Å². The largest absolute Gasteiger partial charge is 0.388 e. The molecule has 1 aromatic heterocycles. The number of fused-ring (bicyclic) bond motifs is 1. The van der Waals surface area contributed by atoms with Crippen molar-refractivity contribution in [1.82, 2.24) is 14.8 Å². The number of hydrogen-bond acceptors (Lipinski definition) is 7. The van der Waals surface area contributed by atoms with E-state index >= 15 is 0 Å². The summed E-state index contributed by atoms with van der Waals surface area (Å²) >= 11 is 0. The Hall–Kier alpha value is -5.41. The van der Waals surface area contributed by atoms with Gasteiger partial charge in [-0.05, 0) is 105 Å². The quantitative estimate of drug-likeness (QED) is 0.0886. The first kappa shape index (κ1) is 37.5. The van der Waals surface area contributed by atoms with Crippen LogP contribution in [0, 0.1) is 24.2 Å². The molecule has 0 radical (unpaired) electrons. The summed E-state index contributed by atoms with van der Waals surface area (Å²) in [5, 5.41) is 15.7. The van der Waals surface area contributed by atoms with E-state index in [0.717, 1.165) is 75.2 Å². The van der Waals surface area contributed by atoms with E-state index in [0.29, 0.717) is 6.42 Å². The molecule has 3 aliphatic rings. The van der Waals surface area contributed by atoms with Crippen molar-refractivity contribution >= 4 is 45.5 Å². The molecule has 56 heavy (non-hydrogen) atoms. The normalized spacial score (nSPS) is 18.4. The Labute approximate surface area is 331 Å². The van der Waals surface area contributed by atoms with Crippen LogP contribution in [0.3, 0.4) is 0 Å². The van der Waals surface area contributed by atoms with E-state index in [1.165, 1.54) is 64.7 Å². The molecule has 5 aromatic rings. The Morgan fingerprint density at radius 1 is 0.804 bits per heavy atom. The van der Waals surface area contributed by atoms with Gasteiger partial charge in [0, 0.05) is 92.8 Å². The van der Waals surface area contributed by atoms with E-state index in [1.54, 1.807) is 0 Å². The molecule has 9 heteroatoms. The summed E-state index contributed by atoms with van der Waals surface area (Å²) < 4.78 is 2.49. The molecule has 1 unspecified atom stereocenters. The second-order valence-corrected chi connectivity index (χ2v) is 15.9. The van der Waals surface area contributed by atoms with Crippen molar-refractivity contribution in [3.8, 4) is 11.3 Å². The molecule has 4 aromatic carbocycles. The number of nitrogens with one attached hydrogen (secondary N) is 3. The maximum Gasteiger partial charge on any atom is 0.235 e. The van der Waals surface area contributed by atoms with Crippen LogP contribution in [0.1, 0.15) is 55.2 Å². The van der Waals surface area contributed by atoms with Crippen LogP contribution >= 0.6 is 0 Å². The number of nitrogens with zero attached hydrogens (tertiary/aromatic N) is 4. The van der Waals surface area contributed by atoms with E-state index in [-0.39, 0.29) is 23.9 Å². The van der Waals surface area contributed by atoms with Crippen molar-refractivity contribution in [3.63, 3.8) is 0 Å². The second-order valence-electron chi connectivity index (χ2n) is 15.9. The van der Waals surface area contributed by atoms with Crippen LogP contribution in [0.2, 0.25) is 0 Å². The first-order valence-corrected chi connectivity index (χ1v) is 20.5. The van der Waals surface area contributed by atoms with E-state index < -0.39 is 5.92 Å². The van der Waals surface area contributed by atoms with E-state index in [2.05, 4.69) is 128 Å². The highest BCUT2D eigenvalue weighted by Gasteiger charge is 2.32. The zero-order chi connectivity index (χ0) is 38.6. The smallest absolute Gasteiger partial charge is 0.235 e. The van der Waals surface area contributed by atoms with Crippen LogP contribution in [0.25, 0.3) is 22.2 Å². The van der Waals surface area contributed by atoms with Gasteiger partial charge < -0.3 is 25.1 Å². The lowest BCUT2D eigenvalue weighted by Crippen LogP contribution is -2.46. The predicted octanol–water partition coefficient (Wildman–Crippen LogP) is 7.95. The zero-order valence-corrected chi connectivity index (χ0v) is 32.9. The summed E-state index contributed by atoms with van der Waals surface area (Å²) in [6.45, 7) is 10.5. The molecule has 3 fully saturated rings. The Bertz CT molecular complexity index is 2180. The summed E-state index contributed by atoms with van der Waals surface area (Å²) in [6.07, 6.45) is 5.72. The van der Waals surface area contributed by atoms with Crippen molar-refractivity contribution in [3.05, 3.63) is 114 Å². The van der Waals surface area contributed by atoms with Crippen LogP contribution in [0.15, 0.2) is 97.1 Å². The lowest BCUT2D eigenvalue weighted by Gasteiger charge is -2.37. The lowest BCUT2D eigenvalue weighted by molar-refractivity contribution is -0.134. The predicted molar refractivity (Wildman–Crippen MR) is 229 cm³/mol. The maximum absolute atomic E-state index is 12.4. The fraction of sp³-hybridized carbons (Fsp3) is 0.383. The molecule has 1 atom stereocenters. The standard InChI is InChI=1S/C47H55N7O2/c1-33-39-12-6-7-13-43(39)54(46(33)36-10-4-3-5-11-36)32-35-14-16-37(17-15-35)52-25-22-34(23-26-52)9-8-24-51-27-29-53(30-28-51)38-18-19-40(42(31-38)49-2)45(48)41-20-21-44(55)50-47(41)56/h3-7,10-19,31,34,41,48-49H,8-9,20-30,32H2,1-2H3,(H,50,55,56). The number of benzene rings is 4. The van der Waals surface area contributed by atoms with Crippen LogP contribution in [0.4, 0.5) is 17.1 Å². The maximum atomic E-state index is 12.4. The van der Waals surface area contributed by atoms with Gasteiger partial charge in [0.15, 0.2) is 0 Å². The third-order valence-electron chi connectivity index (χ3n) is 12.5. The third kappa shape index (κ3) is 7.96. The Balaban J connectivity index is 0.787. The van der Waals surface area contributed by atoms with Gasteiger partial charge >= 0.3 is 0 Å². The van der Waals surface area contributed by atoms with Gasteiger partial charge in [0.25, 0.3) is 0 Å². The monoisotopic (exact) mass is 749 g/mol. The molecule has 3 aliphatic heterocycles. The molecule has 3 N–H and O–H groups in total. The van der Waals surface area contributed by atoms with E-state index in [4.69, 9.17) is 5.41 Å². The summed E-state index contributed by atoms with van der Waals surface area (Å²) in [4.78, 5) is 31.6. The van der Waals surface area contributed by atoms with Gasteiger partial charge in [-0.2, -0.15) is 0 Å². The van der Waals surface area contributed by atoms with Crippen molar-refractivity contribution in [2.45, 2.75) is 52.0 Å². The molecular formula is C47H55N7O2. The number of hydrogen-bond donors (Lipinski definition) is 3. The first-order valence-electron chi connectivity index (χ1n) is 20.5. The molecule has 8 rings (SSSR count). The minimum absolute atomic E-state index is 0.257. The Morgan fingerprint density at radius 2 is 1.50 bits per heavy atom. The molecule has 290 valence electrons. The molecule has 2 amide bonds. The number of piperazine rings is 1. The van der Waals surface area contributed by atoms with Crippen LogP contribution in [-0.2, 0) is 16.1 Å². The van der Waals surface area contributed by atoms with Crippen molar-refractivity contribution < 1.29 is 9.59 Å². The summed E-state index contributed by atoms with van der Waals surface area (Å²) in [5.74, 6) is -0.424. The van der Waals surface area contributed by atoms with E-state index in [1.807, 2.05) is 13.1 Å². The number of carbonyl (C=O) groups is 2. The molecule has 3 saturated heterocycles. The number of piperidine rings is 2. The summed E-state index contributed by atoms with van der Waals surface area (Å²) in [5.41, 5.74) is 10.8. The molecule has 0 spiro atoms. The minimum Gasteiger partial charge on any atom is -0.388 e. The highest BCUT2D eigenvalue weighted by Crippen LogP contribution is 2.35. The molecule has 0 bridgehead atoms. The van der Waals surface area contributed by atoms with Gasteiger partial charge in [-0.25, -0.2) is 0 Å². The number of anilines is 3. The fourth-order valence-corrected chi connectivity index (χ4v) is 9.24. The van der Waals surface area contributed by atoms with Gasteiger partial charge in [0.05, 0.1) is 17.3 Å². The van der Waals surface area contributed by atoms with E-state index in [9.17, 15) is 9.59 Å². The highest BCUT2D eigenvalue weighted by atomic mass is 16.2.